The summed E-state index contributed by atoms with van der Waals surface area (Å²) < 4.78 is 0. The molecule has 1 aromatic rings. The molecule has 1 aliphatic heterocycles. The van der Waals surface area contributed by atoms with Gasteiger partial charge in [0.15, 0.2) is 0 Å². The molecule has 3 heteroatoms. The highest BCUT2D eigenvalue weighted by atomic mass is 16.1. The van der Waals surface area contributed by atoms with Gasteiger partial charge in [-0.3, -0.25) is 4.79 Å². The number of rotatable bonds is 2. The smallest absolute Gasteiger partial charge is 0.251 e. The minimum Gasteiger partial charge on any atom is -0.349 e. The van der Waals surface area contributed by atoms with E-state index in [1.165, 1.54) is 5.56 Å². The third kappa shape index (κ3) is 3.16. The first-order chi connectivity index (χ1) is 8.90. The Balaban J connectivity index is 2.10. The minimum atomic E-state index is 0.0445. The van der Waals surface area contributed by atoms with E-state index < -0.39 is 0 Å². The molecule has 1 aromatic carbocycles. The fourth-order valence-corrected chi connectivity index (χ4v) is 2.56. The normalized spacial score (nSPS) is 22.0. The first-order valence-electron chi connectivity index (χ1n) is 6.99. The highest BCUT2D eigenvalue weighted by Crippen LogP contribution is 2.25. The molecule has 0 spiro atoms. The lowest BCUT2D eigenvalue weighted by Gasteiger charge is -2.39. The molecule has 1 saturated heterocycles. The van der Waals surface area contributed by atoms with Crippen molar-refractivity contribution < 1.29 is 4.79 Å². The van der Waals surface area contributed by atoms with Crippen molar-refractivity contribution in [3.63, 3.8) is 0 Å². The van der Waals surface area contributed by atoms with Crippen LogP contribution in [0.2, 0.25) is 0 Å². The number of hydrogen-bond donors (Lipinski definition) is 2. The van der Waals surface area contributed by atoms with Crippen molar-refractivity contribution in [2.45, 2.75) is 40.2 Å². The average molecular weight is 260 g/mol. The molecule has 0 aromatic heterocycles. The summed E-state index contributed by atoms with van der Waals surface area (Å²) in [5.41, 5.74) is 3.25. The van der Waals surface area contributed by atoms with Crippen molar-refractivity contribution in [1.29, 1.82) is 0 Å². The molecule has 0 aliphatic carbocycles. The van der Waals surface area contributed by atoms with Gasteiger partial charge in [0.1, 0.15) is 0 Å². The zero-order valence-corrected chi connectivity index (χ0v) is 12.3. The van der Waals surface area contributed by atoms with Crippen LogP contribution in [0.5, 0.6) is 0 Å². The summed E-state index contributed by atoms with van der Waals surface area (Å²) in [5, 5.41) is 6.58. The van der Waals surface area contributed by atoms with E-state index in [2.05, 4.69) is 31.4 Å². The molecule has 1 heterocycles. The molecular weight excluding hydrogens is 236 g/mol. The summed E-state index contributed by atoms with van der Waals surface area (Å²) in [6.45, 7) is 10.4. The average Bonchev–Trinajstić information content (AvgIpc) is 2.35. The quantitative estimate of drug-likeness (QED) is 0.857. The Morgan fingerprint density at radius 2 is 2.05 bits per heavy atom. The Labute approximate surface area is 115 Å². The number of hydrogen-bond acceptors (Lipinski definition) is 2. The second-order valence-corrected chi connectivity index (χ2v) is 6.28. The van der Waals surface area contributed by atoms with E-state index in [9.17, 15) is 4.79 Å². The van der Waals surface area contributed by atoms with Gasteiger partial charge < -0.3 is 10.6 Å². The van der Waals surface area contributed by atoms with Crippen molar-refractivity contribution in [3.05, 3.63) is 34.9 Å². The van der Waals surface area contributed by atoms with Crippen molar-refractivity contribution in [2.75, 3.05) is 13.1 Å². The summed E-state index contributed by atoms with van der Waals surface area (Å²) in [6.07, 6.45) is 0.990. The van der Waals surface area contributed by atoms with Gasteiger partial charge in [-0.15, -0.1) is 0 Å². The minimum absolute atomic E-state index is 0.0445. The number of amides is 1. The van der Waals surface area contributed by atoms with Gasteiger partial charge in [0, 0.05) is 18.2 Å². The molecule has 2 N–H and O–H groups in total. The second kappa shape index (κ2) is 5.33. The first-order valence-corrected chi connectivity index (χ1v) is 6.99. The molecule has 19 heavy (non-hydrogen) atoms. The SMILES string of the molecule is Cc1ccc(C(=O)NC2CCNCC2(C)C)cc1C. The highest BCUT2D eigenvalue weighted by Gasteiger charge is 2.33. The molecule has 104 valence electrons. The molecule has 0 bridgehead atoms. The van der Waals surface area contributed by atoms with Crippen LogP contribution in [0.4, 0.5) is 0 Å². The van der Waals surface area contributed by atoms with Crippen LogP contribution in [-0.4, -0.2) is 25.0 Å². The predicted octanol–water partition coefficient (Wildman–Crippen LogP) is 2.42. The predicted molar refractivity (Wildman–Crippen MR) is 78.4 cm³/mol. The molecule has 2 rings (SSSR count). The van der Waals surface area contributed by atoms with Gasteiger partial charge in [0.25, 0.3) is 5.91 Å². The Bertz CT molecular complexity index is 480. The van der Waals surface area contributed by atoms with Crippen molar-refractivity contribution in [3.8, 4) is 0 Å². The molecule has 1 unspecified atom stereocenters. The molecule has 3 nitrogen and oxygen atoms in total. The van der Waals surface area contributed by atoms with Crippen molar-refractivity contribution >= 4 is 5.91 Å². The van der Waals surface area contributed by atoms with Crippen LogP contribution in [-0.2, 0) is 0 Å². The lowest BCUT2D eigenvalue weighted by Crippen LogP contribution is -2.54. The van der Waals surface area contributed by atoms with E-state index in [1.54, 1.807) is 0 Å². The van der Waals surface area contributed by atoms with Gasteiger partial charge in [0.2, 0.25) is 0 Å². The zero-order valence-electron chi connectivity index (χ0n) is 12.3. The Morgan fingerprint density at radius 1 is 1.32 bits per heavy atom. The maximum absolute atomic E-state index is 12.3. The van der Waals surface area contributed by atoms with Crippen LogP contribution in [0.3, 0.4) is 0 Å². The van der Waals surface area contributed by atoms with Crippen LogP contribution < -0.4 is 10.6 Å². The molecule has 1 fully saturated rings. The third-order valence-corrected chi connectivity index (χ3v) is 4.21. The number of carbonyl (C=O) groups is 1. The number of piperidine rings is 1. The van der Waals surface area contributed by atoms with Gasteiger partial charge in [-0.25, -0.2) is 0 Å². The molecular formula is C16H24N2O. The van der Waals surface area contributed by atoms with Crippen LogP contribution in [0, 0.1) is 19.3 Å². The fourth-order valence-electron chi connectivity index (χ4n) is 2.56. The van der Waals surface area contributed by atoms with Crippen LogP contribution >= 0.6 is 0 Å². The summed E-state index contributed by atoms with van der Waals surface area (Å²) >= 11 is 0. The van der Waals surface area contributed by atoms with Crippen LogP contribution in [0.15, 0.2) is 18.2 Å². The van der Waals surface area contributed by atoms with E-state index in [4.69, 9.17) is 0 Å². The summed E-state index contributed by atoms with van der Waals surface area (Å²) in [5.74, 6) is 0.0445. The fraction of sp³-hybridized carbons (Fsp3) is 0.562. The number of benzene rings is 1. The highest BCUT2D eigenvalue weighted by molar-refractivity contribution is 5.94. The van der Waals surface area contributed by atoms with E-state index in [1.807, 2.05) is 25.1 Å². The molecule has 1 amide bonds. The summed E-state index contributed by atoms with van der Waals surface area (Å²) in [4.78, 5) is 12.3. The van der Waals surface area contributed by atoms with Gasteiger partial charge in [-0.2, -0.15) is 0 Å². The van der Waals surface area contributed by atoms with E-state index in [0.29, 0.717) is 0 Å². The maximum Gasteiger partial charge on any atom is 0.251 e. The van der Waals surface area contributed by atoms with Gasteiger partial charge in [-0.1, -0.05) is 19.9 Å². The van der Waals surface area contributed by atoms with Gasteiger partial charge >= 0.3 is 0 Å². The molecule has 0 saturated carbocycles. The van der Waals surface area contributed by atoms with Crippen molar-refractivity contribution in [2.24, 2.45) is 5.41 Å². The zero-order chi connectivity index (χ0) is 14.0. The van der Waals surface area contributed by atoms with E-state index in [-0.39, 0.29) is 17.4 Å². The first kappa shape index (κ1) is 14.1. The second-order valence-electron chi connectivity index (χ2n) is 6.28. The Kier molecular flexibility index (Phi) is 3.95. The summed E-state index contributed by atoms with van der Waals surface area (Å²) in [6, 6.07) is 6.13. The van der Waals surface area contributed by atoms with Crippen LogP contribution in [0.1, 0.15) is 41.8 Å². The Hall–Kier alpha value is -1.35. The molecule has 1 atom stereocenters. The number of nitrogens with one attached hydrogen (secondary N) is 2. The standard InChI is InChI=1S/C16H24N2O/c1-11-5-6-13(9-12(11)2)15(19)18-14-7-8-17-10-16(14,3)4/h5-6,9,14,17H,7-8,10H2,1-4H3,(H,18,19). The molecule has 0 radical (unpaired) electrons. The Morgan fingerprint density at radius 3 is 2.68 bits per heavy atom. The number of carbonyl (C=O) groups excluding carboxylic acids is 1. The van der Waals surface area contributed by atoms with E-state index >= 15 is 0 Å². The molecule has 1 aliphatic rings. The van der Waals surface area contributed by atoms with Gasteiger partial charge in [-0.05, 0) is 55.5 Å². The topological polar surface area (TPSA) is 41.1 Å². The maximum atomic E-state index is 12.3. The monoisotopic (exact) mass is 260 g/mol. The largest absolute Gasteiger partial charge is 0.349 e. The van der Waals surface area contributed by atoms with Crippen LogP contribution in [0.25, 0.3) is 0 Å². The van der Waals surface area contributed by atoms with E-state index in [0.717, 1.165) is 30.6 Å². The third-order valence-electron chi connectivity index (χ3n) is 4.21. The lowest BCUT2D eigenvalue weighted by atomic mass is 9.80. The van der Waals surface area contributed by atoms with Crippen molar-refractivity contribution in [1.82, 2.24) is 10.6 Å². The summed E-state index contributed by atoms with van der Waals surface area (Å²) in [7, 11) is 0. The van der Waals surface area contributed by atoms with Gasteiger partial charge in [0.05, 0.1) is 0 Å². The number of aryl methyl sites for hydroxylation is 2. The lowest BCUT2D eigenvalue weighted by molar-refractivity contribution is 0.0868.